The molecule has 3 fully saturated rings. The van der Waals surface area contributed by atoms with E-state index in [1.54, 1.807) is 0 Å². The Labute approximate surface area is 196 Å². The first-order valence-corrected chi connectivity index (χ1v) is 13.2. The van der Waals surface area contributed by atoms with E-state index in [1.165, 1.54) is 12.8 Å². The Bertz CT molecular complexity index is 585. The van der Waals surface area contributed by atoms with Gasteiger partial charge >= 0.3 is 0 Å². The van der Waals surface area contributed by atoms with E-state index in [2.05, 4.69) is 23.6 Å². The van der Waals surface area contributed by atoms with Crippen molar-refractivity contribution in [1.82, 2.24) is 14.7 Å². The molecule has 32 heavy (non-hydrogen) atoms. The van der Waals surface area contributed by atoms with E-state index in [0.717, 1.165) is 96.5 Å². The van der Waals surface area contributed by atoms with Crippen molar-refractivity contribution in [2.24, 2.45) is 29.6 Å². The Hall–Kier alpha value is -1.14. The minimum Gasteiger partial charge on any atom is -0.380 e. The first-order valence-electron chi connectivity index (χ1n) is 13.2. The van der Waals surface area contributed by atoms with Crippen molar-refractivity contribution >= 4 is 11.8 Å². The second kappa shape index (κ2) is 12.4. The van der Waals surface area contributed by atoms with Gasteiger partial charge in [-0.05, 0) is 56.3 Å². The molecule has 0 bridgehead atoms. The van der Waals surface area contributed by atoms with Crippen LogP contribution in [0, 0.1) is 29.6 Å². The molecule has 2 heterocycles. The molecule has 2 amide bonds. The summed E-state index contributed by atoms with van der Waals surface area (Å²) in [6, 6.07) is 0. The molecule has 0 spiro atoms. The SMILES string of the molecule is CC(C)C(=O)N1CCC(COCCN2CCN(C(=O)C3CCC(C(C)C)CC3)CC2)CC1. The van der Waals surface area contributed by atoms with Crippen LogP contribution in [0.4, 0.5) is 0 Å². The highest BCUT2D eigenvalue weighted by molar-refractivity contribution is 5.79. The van der Waals surface area contributed by atoms with Crippen LogP contribution in [-0.2, 0) is 14.3 Å². The number of hydrogen-bond acceptors (Lipinski definition) is 4. The van der Waals surface area contributed by atoms with Gasteiger partial charge in [0.2, 0.25) is 11.8 Å². The summed E-state index contributed by atoms with van der Waals surface area (Å²) in [5.74, 6) is 3.19. The highest BCUT2D eigenvalue weighted by Gasteiger charge is 2.32. The van der Waals surface area contributed by atoms with E-state index in [9.17, 15) is 9.59 Å². The van der Waals surface area contributed by atoms with Crippen molar-refractivity contribution in [3.63, 3.8) is 0 Å². The average Bonchev–Trinajstić information content (AvgIpc) is 2.81. The van der Waals surface area contributed by atoms with Crippen LogP contribution in [0.1, 0.15) is 66.2 Å². The summed E-state index contributed by atoms with van der Waals surface area (Å²) in [6.45, 7) is 16.5. The van der Waals surface area contributed by atoms with Crippen molar-refractivity contribution in [2.75, 3.05) is 59.0 Å². The molecule has 0 N–H and O–H groups in total. The van der Waals surface area contributed by atoms with Crippen molar-refractivity contribution in [1.29, 1.82) is 0 Å². The second-order valence-electron chi connectivity index (χ2n) is 11.0. The minimum absolute atomic E-state index is 0.0958. The molecule has 3 aliphatic rings. The number of carbonyl (C=O) groups is 2. The maximum atomic E-state index is 12.9. The first kappa shape index (κ1) is 25.5. The fourth-order valence-corrected chi connectivity index (χ4v) is 5.61. The maximum absolute atomic E-state index is 12.9. The average molecular weight is 450 g/mol. The summed E-state index contributed by atoms with van der Waals surface area (Å²) in [7, 11) is 0. The van der Waals surface area contributed by atoms with Gasteiger partial charge in [-0.3, -0.25) is 14.5 Å². The Morgan fingerprint density at radius 3 is 2.00 bits per heavy atom. The van der Waals surface area contributed by atoms with Gasteiger partial charge in [0.25, 0.3) is 0 Å². The number of rotatable bonds is 8. The highest BCUT2D eigenvalue weighted by Crippen LogP contribution is 2.34. The molecule has 6 heteroatoms. The predicted octanol–water partition coefficient (Wildman–Crippen LogP) is 3.50. The minimum atomic E-state index is 0.0958. The number of piperidine rings is 1. The number of amides is 2. The Morgan fingerprint density at radius 1 is 0.812 bits per heavy atom. The number of piperazine rings is 1. The fraction of sp³-hybridized carbons (Fsp3) is 0.923. The molecule has 1 aliphatic carbocycles. The smallest absolute Gasteiger partial charge is 0.225 e. The van der Waals surface area contributed by atoms with Gasteiger partial charge in [-0.15, -0.1) is 0 Å². The van der Waals surface area contributed by atoms with Crippen LogP contribution in [0.2, 0.25) is 0 Å². The standard InChI is InChI=1S/C26H47N3O3/c1-20(2)23-5-7-24(8-6-23)26(31)29-15-13-27(14-16-29)17-18-32-19-22-9-11-28(12-10-22)25(30)21(3)4/h20-24H,5-19H2,1-4H3. The normalized spacial score (nSPS) is 26.2. The fourth-order valence-electron chi connectivity index (χ4n) is 5.61. The van der Waals surface area contributed by atoms with Crippen LogP contribution in [0.15, 0.2) is 0 Å². The molecule has 0 atom stereocenters. The van der Waals surface area contributed by atoms with E-state index >= 15 is 0 Å². The molecule has 1 saturated carbocycles. The summed E-state index contributed by atoms with van der Waals surface area (Å²) in [6.07, 6.45) is 6.72. The van der Waals surface area contributed by atoms with Gasteiger partial charge < -0.3 is 14.5 Å². The second-order valence-corrected chi connectivity index (χ2v) is 11.0. The largest absolute Gasteiger partial charge is 0.380 e. The van der Waals surface area contributed by atoms with Gasteiger partial charge in [0, 0.05) is 64.3 Å². The summed E-state index contributed by atoms with van der Waals surface area (Å²) >= 11 is 0. The molecule has 6 nitrogen and oxygen atoms in total. The summed E-state index contributed by atoms with van der Waals surface area (Å²) in [5, 5.41) is 0. The molecular weight excluding hydrogens is 402 g/mol. The number of ether oxygens (including phenoxy) is 1. The molecule has 2 aliphatic heterocycles. The third-order valence-electron chi connectivity index (χ3n) is 8.07. The quantitative estimate of drug-likeness (QED) is 0.532. The Balaban J connectivity index is 1.25. The molecule has 0 unspecified atom stereocenters. The lowest BCUT2D eigenvalue weighted by Gasteiger charge is -2.38. The van der Waals surface area contributed by atoms with Crippen molar-refractivity contribution in [3.05, 3.63) is 0 Å². The van der Waals surface area contributed by atoms with Crippen molar-refractivity contribution < 1.29 is 14.3 Å². The van der Waals surface area contributed by atoms with Crippen LogP contribution in [-0.4, -0.2) is 85.5 Å². The Kier molecular flexibility index (Phi) is 9.84. The van der Waals surface area contributed by atoms with E-state index in [1.807, 2.05) is 18.7 Å². The van der Waals surface area contributed by atoms with Crippen molar-refractivity contribution in [3.8, 4) is 0 Å². The summed E-state index contributed by atoms with van der Waals surface area (Å²) in [5.41, 5.74) is 0. The molecule has 0 aromatic rings. The van der Waals surface area contributed by atoms with Crippen LogP contribution in [0.3, 0.4) is 0 Å². The van der Waals surface area contributed by atoms with Gasteiger partial charge in [-0.1, -0.05) is 27.7 Å². The van der Waals surface area contributed by atoms with Crippen LogP contribution < -0.4 is 0 Å². The lowest BCUT2D eigenvalue weighted by molar-refractivity contribution is -0.139. The Morgan fingerprint density at radius 2 is 1.44 bits per heavy atom. The third-order valence-corrected chi connectivity index (χ3v) is 8.07. The molecule has 3 rings (SSSR count). The van der Waals surface area contributed by atoms with Crippen LogP contribution >= 0.6 is 0 Å². The highest BCUT2D eigenvalue weighted by atomic mass is 16.5. The van der Waals surface area contributed by atoms with Gasteiger partial charge in [-0.25, -0.2) is 0 Å². The van der Waals surface area contributed by atoms with Crippen molar-refractivity contribution in [2.45, 2.75) is 66.2 Å². The molecule has 0 aromatic heterocycles. The van der Waals surface area contributed by atoms with E-state index in [-0.39, 0.29) is 17.7 Å². The number of nitrogens with zero attached hydrogens (tertiary/aromatic N) is 3. The number of hydrogen-bond donors (Lipinski definition) is 0. The van der Waals surface area contributed by atoms with E-state index in [4.69, 9.17) is 4.74 Å². The lowest BCUT2D eigenvalue weighted by Crippen LogP contribution is -2.51. The zero-order valence-corrected chi connectivity index (χ0v) is 21.1. The number of likely N-dealkylation sites (tertiary alicyclic amines) is 1. The zero-order chi connectivity index (χ0) is 23.1. The van der Waals surface area contributed by atoms with Gasteiger partial charge in [0.05, 0.1) is 6.61 Å². The third kappa shape index (κ3) is 7.18. The predicted molar refractivity (Wildman–Crippen MR) is 128 cm³/mol. The lowest BCUT2D eigenvalue weighted by atomic mass is 9.76. The molecule has 2 saturated heterocycles. The maximum Gasteiger partial charge on any atom is 0.225 e. The van der Waals surface area contributed by atoms with Gasteiger partial charge in [0.15, 0.2) is 0 Å². The van der Waals surface area contributed by atoms with E-state index < -0.39 is 0 Å². The molecule has 184 valence electrons. The van der Waals surface area contributed by atoms with Gasteiger partial charge in [-0.2, -0.15) is 0 Å². The van der Waals surface area contributed by atoms with E-state index in [0.29, 0.717) is 11.8 Å². The molecule has 0 radical (unpaired) electrons. The van der Waals surface area contributed by atoms with Gasteiger partial charge in [0.1, 0.15) is 0 Å². The van der Waals surface area contributed by atoms with Crippen LogP contribution in [0.25, 0.3) is 0 Å². The molecular formula is C26H47N3O3. The first-order chi connectivity index (χ1) is 15.3. The molecule has 0 aromatic carbocycles. The van der Waals surface area contributed by atoms with Crippen LogP contribution in [0.5, 0.6) is 0 Å². The number of carbonyl (C=O) groups excluding carboxylic acids is 2. The summed E-state index contributed by atoms with van der Waals surface area (Å²) < 4.78 is 5.99. The summed E-state index contributed by atoms with van der Waals surface area (Å²) in [4.78, 5) is 31.6. The monoisotopic (exact) mass is 449 g/mol. The topological polar surface area (TPSA) is 53.1 Å². The zero-order valence-electron chi connectivity index (χ0n) is 21.1.